The van der Waals surface area contributed by atoms with E-state index in [0.717, 1.165) is 25.7 Å². The van der Waals surface area contributed by atoms with Crippen molar-refractivity contribution >= 4 is 47.4 Å². The summed E-state index contributed by atoms with van der Waals surface area (Å²) in [7, 11) is 0. The molecule has 25 heavy (non-hydrogen) atoms. The minimum Gasteiger partial charge on any atom is -0.338 e. The second-order valence-electron chi connectivity index (χ2n) is 6.57. The highest BCUT2D eigenvalue weighted by atomic mass is 35.5. The van der Waals surface area contributed by atoms with Gasteiger partial charge in [-0.1, -0.05) is 36.0 Å². The molecule has 1 saturated heterocycles. The van der Waals surface area contributed by atoms with Gasteiger partial charge in [-0.25, -0.2) is 0 Å². The summed E-state index contributed by atoms with van der Waals surface area (Å²) in [5.74, 6) is -0.108. The number of hydrogen-bond acceptors (Lipinski definition) is 3. The van der Waals surface area contributed by atoms with Crippen molar-refractivity contribution in [3.05, 3.63) is 33.8 Å². The first-order chi connectivity index (χ1) is 11.4. The molecule has 1 saturated carbocycles. The van der Waals surface area contributed by atoms with Crippen molar-refractivity contribution in [3.63, 3.8) is 0 Å². The highest BCUT2D eigenvalue weighted by molar-refractivity contribution is 6.36. The normalized spacial score (nSPS) is 19.5. The maximum atomic E-state index is 12.6. The van der Waals surface area contributed by atoms with Crippen LogP contribution in [0.25, 0.3) is 0 Å². The third-order valence-electron chi connectivity index (χ3n) is 4.94. The molecule has 0 bridgehead atoms. The molecule has 1 aromatic rings. The van der Waals surface area contributed by atoms with E-state index in [-0.39, 0.29) is 24.2 Å². The smallest absolute Gasteiger partial charge is 0.255 e. The largest absolute Gasteiger partial charge is 0.338 e. The Morgan fingerprint density at radius 1 is 1.00 bits per heavy atom. The van der Waals surface area contributed by atoms with E-state index in [1.165, 1.54) is 0 Å². The molecular formula is C17H22Cl3N3O2. The molecule has 0 atom stereocenters. The molecule has 0 aromatic heterocycles. The van der Waals surface area contributed by atoms with Crippen molar-refractivity contribution in [2.75, 3.05) is 26.2 Å². The first-order valence-electron chi connectivity index (χ1n) is 8.23. The van der Waals surface area contributed by atoms with E-state index < -0.39 is 5.54 Å². The zero-order chi connectivity index (χ0) is 17.3. The fourth-order valence-corrected chi connectivity index (χ4v) is 3.97. The van der Waals surface area contributed by atoms with Gasteiger partial charge < -0.3 is 15.5 Å². The van der Waals surface area contributed by atoms with Crippen molar-refractivity contribution in [1.82, 2.24) is 9.80 Å². The van der Waals surface area contributed by atoms with Gasteiger partial charge in [-0.05, 0) is 31.0 Å². The summed E-state index contributed by atoms with van der Waals surface area (Å²) in [6.45, 7) is 1.99. The molecule has 0 radical (unpaired) electrons. The number of carbonyl (C=O) groups excluding carboxylic acids is 2. The lowest BCUT2D eigenvalue weighted by Crippen LogP contribution is -2.59. The highest BCUT2D eigenvalue weighted by Crippen LogP contribution is 2.29. The third kappa shape index (κ3) is 4.22. The second kappa shape index (κ2) is 8.12. The van der Waals surface area contributed by atoms with Crippen LogP contribution in [-0.4, -0.2) is 53.3 Å². The molecule has 5 nitrogen and oxygen atoms in total. The monoisotopic (exact) mass is 405 g/mol. The molecule has 1 heterocycles. The lowest BCUT2D eigenvalue weighted by atomic mass is 9.97. The summed E-state index contributed by atoms with van der Waals surface area (Å²) >= 11 is 12.0. The molecule has 1 aliphatic heterocycles. The fraction of sp³-hybridized carbons (Fsp3) is 0.529. The molecule has 0 spiro atoms. The molecule has 0 unspecified atom stereocenters. The van der Waals surface area contributed by atoms with Gasteiger partial charge in [0, 0.05) is 31.2 Å². The Bertz CT molecular complexity index is 655. The lowest BCUT2D eigenvalue weighted by molar-refractivity contribution is -0.138. The summed E-state index contributed by atoms with van der Waals surface area (Å²) in [6, 6.07) is 4.85. The summed E-state index contributed by atoms with van der Waals surface area (Å²) in [6.07, 6.45) is 3.53. The first-order valence-corrected chi connectivity index (χ1v) is 8.99. The van der Waals surface area contributed by atoms with Crippen molar-refractivity contribution in [2.24, 2.45) is 5.73 Å². The minimum atomic E-state index is -0.703. The summed E-state index contributed by atoms with van der Waals surface area (Å²) in [5.41, 5.74) is 5.99. The Hall–Kier alpha value is -1.01. The summed E-state index contributed by atoms with van der Waals surface area (Å²) in [4.78, 5) is 28.7. The van der Waals surface area contributed by atoms with Crippen LogP contribution in [-0.2, 0) is 4.79 Å². The number of amides is 2. The first kappa shape index (κ1) is 20.3. The van der Waals surface area contributed by atoms with Gasteiger partial charge in [0.05, 0.1) is 16.1 Å². The maximum absolute atomic E-state index is 12.6. The van der Waals surface area contributed by atoms with Crippen LogP contribution >= 0.6 is 35.6 Å². The van der Waals surface area contributed by atoms with Gasteiger partial charge in [-0.2, -0.15) is 0 Å². The standard InChI is InChI=1S/C17H21Cl2N3O2.ClH/c18-12-3-4-13(14(19)11-12)15(23)21-7-9-22(10-8-21)16(24)17(20)5-1-2-6-17;/h3-4,11H,1-2,5-10,20H2;1H. The van der Waals surface area contributed by atoms with Crippen LogP contribution in [0.1, 0.15) is 36.0 Å². The predicted molar refractivity (Wildman–Crippen MR) is 102 cm³/mol. The van der Waals surface area contributed by atoms with Crippen LogP contribution in [0.5, 0.6) is 0 Å². The number of nitrogens with zero attached hydrogens (tertiary/aromatic N) is 2. The van der Waals surface area contributed by atoms with E-state index >= 15 is 0 Å². The molecule has 2 amide bonds. The van der Waals surface area contributed by atoms with E-state index in [0.29, 0.717) is 41.8 Å². The van der Waals surface area contributed by atoms with E-state index in [2.05, 4.69) is 0 Å². The second-order valence-corrected chi connectivity index (χ2v) is 7.42. The van der Waals surface area contributed by atoms with Crippen LogP contribution in [0.15, 0.2) is 18.2 Å². The quantitative estimate of drug-likeness (QED) is 0.821. The Kier molecular flexibility index (Phi) is 6.60. The van der Waals surface area contributed by atoms with Gasteiger partial charge >= 0.3 is 0 Å². The molecule has 2 fully saturated rings. The van der Waals surface area contributed by atoms with Crippen molar-refractivity contribution in [3.8, 4) is 0 Å². The molecule has 2 N–H and O–H groups in total. The van der Waals surface area contributed by atoms with Gasteiger partial charge in [0.2, 0.25) is 5.91 Å². The Morgan fingerprint density at radius 3 is 2.12 bits per heavy atom. The Labute approximate surface area is 163 Å². The van der Waals surface area contributed by atoms with Gasteiger partial charge in [-0.3, -0.25) is 9.59 Å². The van der Waals surface area contributed by atoms with Crippen LogP contribution in [0, 0.1) is 0 Å². The zero-order valence-corrected chi connectivity index (χ0v) is 16.2. The third-order valence-corrected chi connectivity index (χ3v) is 5.49. The van der Waals surface area contributed by atoms with Gasteiger partial charge in [0.25, 0.3) is 5.91 Å². The van der Waals surface area contributed by atoms with Gasteiger partial charge in [0.15, 0.2) is 0 Å². The molecular weight excluding hydrogens is 385 g/mol. The van der Waals surface area contributed by atoms with E-state index in [4.69, 9.17) is 28.9 Å². The molecule has 1 aliphatic carbocycles. The predicted octanol–water partition coefficient (Wildman–Crippen LogP) is 2.97. The van der Waals surface area contributed by atoms with Gasteiger partial charge in [-0.15, -0.1) is 12.4 Å². The minimum absolute atomic E-state index is 0. The van der Waals surface area contributed by atoms with Gasteiger partial charge in [0.1, 0.15) is 0 Å². The molecule has 8 heteroatoms. The topological polar surface area (TPSA) is 66.6 Å². The number of piperazine rings is 1. The lowest BCUT2D eigenvalue weighted by Gasteiger charge is -2.38. The van der Waals surface area contributed by atoms with Crippen molar-refractivity contribution in [2.45, 2.75) is 31.2 Å². The van der Waals surface area contributed by atoms with Crippen LogP contribution in [0.3, 0.4) is 0 Å². The van der Waals surface area contributed by atoms with Crippen molar-refractivity contribution in [1.29, 1.82) is 0 Å². The zero-order valence-electron chi connectivity index (χ0n) is 13.8. The average molecular weight is 407 g/mol. The fourth-order valence-electron chi connectivity index (χ4n) is 3.48. The summed E-state index contributed by atoms with van der Waals surface area (Å²) < 4.78 is 0. The van der Waals surface area contributed by atoms with Crippen LogP contribution < -0.4 is 5.73 Å². The van der Waals surface area contributed by atoms with Crippen LogP contribution in [0.4, 0.5) is 0 Å². The number of carbonyl (C=O) groups is 2. The molecule has 3 rings (SSSR count). The highest BCUT2D eigenvalue weighted by Gasteiger charge is 2.40. The number of rotatable bonds is 2. The number of halogens is 3. The van der Waals surface area contributed by atoms with Crippen LogP contribution in [0.2, 0.25) is 10.0 Å². The Morgan fingerprint density at radius 2 is 1.56 bits per heavy atom. The Balaban J connectivity index is 0.00000225. The summed E-state index contributed by atoms with van der Waals surface area (Å²) in [5, 5.41) is 0.842. The number of nitrogens with two attached hydrogens (primary N) is 1. The van der Waals surface area contributed by atoms with Crippen molar-refractivity contribution < 1.29 is 9.59 Å². The maximum Gasteiger partial charge on any atom is 0.255 e. The average Bonchev–Trinajstić information content (AvgIpc) is 3.02. The van der Waals surface area contributed by atoms with E-state index in [1.807, 2.05) is 0 Å². The van der Waals surface area contributed by atoms with E-state index in [1.54, 1.807) is 28.0 Å². The molecule has 2 aliphatic rings. The van der Waals surface area contributed by atoms with E-state index in [9.17, 15) is 9.59 Å². The molecule has 1 aromatic carbocycles. The number of hydrogen-bond donors (Lipinski definition) is 1. The SMILES string of the molecule is Cl.NC1(C(=O)N2CCN(C(=O)c3ccc(Cl)cc3Cl)CC2)CCCC1. The molecule has 138 valence electrons. The number of benzene rings is 1.